The summed E-state index contributed by atoms with van der Waals surface area (Å²) in [6.45, 7) is 1.18. The molecule has 3 aromatic rings. The molecule has 1 fully saturated rings. The van der Waals surface area contributed by atoms with Gasteiger partial charge in [-0.2, -0.15) is 10.3 Å². The van der Waals surface area contributed by atoms with Crippen molar-refractivity contribution in [1.82, 2.24) is 14.8 Å². The van der Waals surface area contributed by atoms with Gasteiger partial charge in [0.15, 0.2) is 0 Å². The number of rotatable bonds is 3. The first-order valence-corrected chi connectivity index (χ1v) is 9.57. The average Bonchev–Trinajstić information content (AvgIpc) is 3.26. The van der Waals surface area contributed by atoms with Gasteiger partial charge in [-0.3, -0.25) is 9.59 Å². The summed E-state index contributed by atoms with van der Waals surface area (Å²) in [5.41, 5.74) is 0.424. The van der Waals surface area contributed by atoms with E-state index in [2.05, 4.69) is 9.98 Å². The third-order valence-electron chi connectivity index (χ3n) is 5.23. The molecule has 31 heavy (non-hydrogen) atoms. The molecule has 0 saturated carbocycles. The predicted molar refractivity (Wildman–Crippen MR) is 109 cm³/mol. The molecule has 9 heteroatoms. The van der Waals surface area contributed by atoms with E-state index in [4.69, 9.17) is 5.26 Å². The molecule has 7 nitrogen and oxygen atoms in total. The Hall–Kier alpha value is -4.06. The Morgan fingerprint density at radius 1 is 0.968 bits per heavy atom. The van der Waals surface area contributed by atoms with Crippen LogP contribution in [-0.2, 0) is 4.79 Å². The number of carbonyl (C=O) groups excluding carboxylic acids is 2. The van der Waals surface area contributed by atoms with Gasteiger partial charge in [-0.15, -0.1) is 0 Å². The van der Waals surface area contributed by atoms with Crippen molar-refractivity contribution >= 4 is 28.4 Å². The average molecular weight is 421 g/mol. The smallest absolute Gasteiger partial charge is 0.295 e. The molecule has 0 spiro atoms. The normalized spacial score (nSPS) is 14.5. The van der Waals surface area contributed by atoms with Crippen LogP contribution in [0.5, 0.6) is 0 Å². The van der Waals surface area contributed by atoms with Gasteiger partial charge in [-0.1, -0.05) is 30.3 Å². The summed E-state index contributed by atoms with van der Waals surface area (Å²) in [5.74, 6) is -2.68. The molecule has 2 aromatic carbocycles. The number of Topliss-reactive ketones (excluding diaryl/α,β-unsaturated/α-hetero) is 1. The first kappa shape index (κ1) is 20.2. The topological polar surface area (TPSA) is 92.6 Å². The highest BCUT2D eigenvalue weighted by Gasteiger charge is 2.30. The van der Waals surface area contributed by atoms with Crippen LogP contribution in [0.2, 0.25) is 0 Å². The highest BCUT2D eigenvalue weighted by Crippen LogP contribution is 2.25. The van der Waals surface area contributed by atoms with Crippen LogP contribution in [-0.4, -0.2) is 58.5 Å². The van der Waals surface area contributed by atoms with Crippen molar-refractivity contribution in [2.24, 2.45) is 4.99 Å². The fraction of sp³-hybridized carbons (Fsp3) is 0.182. The number of nitriles is 1. The fourth-order valence-corrected chi connectivity index (χ4v) is 3.68. The zero-order chi connectivity index (χ0) is 22.0. The number of amides is 1. The monoisotopic (exact) mass is 421 g/mol. The quantitative estimate of drug-likeness (QED) is 0.231. The van der Waals surface area contributed by atoms with Crippen molar-refractivity contribution in [2.75, 3.05) is 26.2 Å². The molecule has 2 heterocycles. The number of nitrogens with one attached hydrogen (secondary N) is 1. The Labute approximate surface area is 176 Å². The van der Waals surface area contributed by atoms with Gasteiger partial charge < -0.3 is 14.8 Å². The Kier molecular flexibility index (Phi) is 5.45. The van der Waals surface area contributed by atoms with Gasteiger partial charge in [0.05, 0.1) is 11.1 Å². The van der Waals surface area contributed by atoms with E-state index in [-0.39, 0.29) is 29.6 Å². The number of H-pyrrole nitrogens is 1. The highest BCUT2D eigenvalue weighted by molar-refractivity contribution is 6.44. The zero-order valence-electron chi connectivity index (χ0n) is 16.3. The van der Waals surface area contributed by atoms with Crippen LogP contribution in [0, 0.1) is 23.1 Å². The van der Waals surface area contributed by atoms with E-state index in [1.54, 1.807) is 6.19 Å². The van der Waals surface area contributed by atoms with Crippen molar-refractivity contribution in [3.8, 4) is 6.19 Å². The lowest BCUT2D eigenvalue weighted by molar-refractivity contribution is -0.127. The number of carbonyl (C=O) groups is 2. The maximum absolute atomic E-state index is 14.2. The first-order chi connectivity index (χ1) is 15.0. The van der Waals surface area contributed by atoms with E-state index in [0.717, 1.165) is 23.9 Å². The second-order valence-corrected chi connectivity index (χ2v) is 6.99. The van der Waals surface area contributed by atoms with E-state index in [9.17, 15) is 18.4 Å². The van der Waals surface area contributed by atoms with Crippen LogP contribution in [0.25, 0.3) is 10.9 Å². The van der Waals surface area contributed by atoms with Crippen molar-refractivity contribution in [3.63, 3.8) is 0 Å². The van der Waals surface area contributed by atoms with Crippen LogP contribution in [0.1, 0.15) is 15.9 Å². The molecular weight excluding hydrogens is 404 g/mol. The zero-order valence-corrected chi connectivity index (χ0v) is 16.3. The third-order valence-corrected chi connectivity index (χ3v) is 5.23. The second-order valence-electron chi connectivity index (χ2n) is 6.99. The number of fused-ring (bicyclic) bond motifs is 1. The number of halogens is 2. The molecule has 0 radical (unpaired) electrons. The van der Waals surface area contributed by atoms with Gasteiger partial charge in [-0.05, 0) is 12.1 Å². The summed E-state index contributed by atoms with van der Waals surface area (Å²) in [4.78, 5) is 35.2. The molecule has 156 valence electrons. The lowest BCUT2D eigenvalue weighted by atomic mass is 10.1. The molecule has 1 N–H and O–H groups in total. The number of aliphatic imine (C=N–C) groups is 1. The van der Waals surface area contributed by atoms with Gasteiger partial charge in [0.1, 0.15) is 17.5 Å². The molecule has 4 rings (SSSR count). The minimum absolute atomic E-state index is 0.152. The number of hydrogen-bond acceptors (Lipinski definition) is 4. The van der Waals surface area contributed by atoms with E-state index in [1.807, 2.05) is 35.2 Å². The minimum Gasteiger partial charge on any atom is -0.358 e. The van der Waals surface area contributed by atoms with E-state index >= 15 is 0 Å². The summed E-state index contributed by atoms with van der Waals surface area (Å²) in [5, 5.41) is 8.81. The number of ketones is 1. The van der Waals surface area contributed by atoms with Crippen LogP contribution < -0.4 is 0 Å². The van der Waals surface area contributed by atoms with Crippen molar-refractivity contribution < 1.29 is 18.4 Å². The number of hydrogen-bond donors (Lipinski definition) is 1. The molecule has 0 aliphatic carbocycles. The molecule has 1 aliphatic rings. The molecule has 0 atom stereocenters. The highest BCUT2D eigenvalue weighted by atomic mass is 19.1. The lowest BCUT2D eigenvalue weighted by Crippen LogP contribution is -2.52. The number of piperazine rings is 1. The summed E-state index contributed by atoms with van der Waals surface area (Å²) >= 11 is 0. The van der Waals surface area contributed by atoms with Crippen LogP contribution in [0.4, 0.5) is 8.78 Å². The number of benzene rings is 2. The Morgan fingerprint density at radius 2 is 1.61 bits per heavy atom. The Bertz CT molecular complexity index is 1220. The van der Waals surface area contributed by atoms with Gasteiger partial charge in [-0.25, -0.2) is 8.78 Å². The van der Waals surface area contributed by atoms with Crippen LogP contribution >= 0.6 is 0 Å². The van der Waals surface area contributed by atoms with Gasteiger partial charge in [0.2, 0.25) is 6.19 Å². The van der Waals surface area contributed by atoms with E-state index in [1.165, 1.54) is 4.90 Å². The van der Waals surface area contributed by atoms with Crippen LogP contribution in [0.3, 0.4) is 0 Å². The number of amidine groups is 1. The minimum atomic E-state index is -0.904. The molecular formula is C22H17F2N5O2. The summed E-state index contributed by atoms with van der Waals surface area (Å²) in [6, 6.07) is 11.1. The fourth-order valence-electron chi connectivity index (χ4n) is 3.68. The largest absolute Gasteiger partial charge is 0.358 e. The SMILES string of the molecule is N#C/N=C(\c1ccccc1)N1CCN(C(=O)C(=O)c2c[nH]c3c(F)ccc(F)c23)CC1. The molecule has 1 aliphatic heterocycles. The second kappa shape index (κ2) is 8.36. The summed E-state index contributed by atoms with van der Waals surface area (Å²) < 4.78 is 28.1. The lowest BCUT2D eigenvalue weighted by Gasteiger charge is -2.35. The number of aromatic nitrogens is 1. The molecule has 1 aromatic heterocycles. The third kappa shape index (κ3) is 3.75. The number of nitrogens with zero attached hydrogens (tertiary/aromatic N) is 4. The maximum Gasteiger partial charge on any atom is 0.295 e. The van der Waals surface area contributed by atoms with Crippen molar-refractivity contribution in [3.05, 3.63) is 71.4 Å². The summed E-state index contributed by atoms with van der Waals surface area (Å²) in [7, 11) is 0. The molecule has 1 saturated heterocycles. The molecule has 0 unspecified atom stereocenters. The molecule has 0 bridgehead atoms. The Balaban J connectivity index is 1.50. The van der Waals surface area contributed by atoms with Gasteiger partial charge >= 0.3 is 0 Å². The standard InChI is InChI=1S/C22H17F2N5O2/c23-16-6-7-17(24)19-18(16)15(12-26-19)20(30)22(31)29-10-8-28(9-11-29)21(27-13-25)14-4-2-1-3-5-14/h1-7,12,26H,8-11H2/b27-21+. The van der Waals surface area contributed by atoms with E-state index < -0.39 is 23.3 Å². The maximum atomic E-state index is 14.2. The van der Waals surface area contributed by atoms with E-state index in [0.29, 0.717) is 18.9 Å². The predicted octanol–water partition coefficient (Wildman–Crippen LogP) is 2.70. The van der Waals surface area contributed by atoms with Crippen molar-refractivity contribution in [1.29, 1.82) is 5.26 Å². The van der Waals surface area contributed by atoms with Crippen molar-refractivity contribution in [2.45, 2.75) is 0 Å². The molecule has 1 amide bonds. The van der Waals surface area contributed by atoms with Gasteiger partial charge in [0.25, 0.3) is 11.7 Å². The summed E-state index contributed by atoms with van der Waals surface area (Å²) in [6.07, 6.45) is 2.96. The van der Waals surface area contributed by atoms with Crippen LogP contribution in [0.15, 0.2) is 53.7 Å². The number of aromatic amines is 1. The first-order valence-electron chi connectivity index (χ1n) is 9.57. The Morgan fingerprint density at radius 3 is 2.29 bits per heavy atom. The van der Waals surface area contributed by atoms with Gasteiger partial charge in [0, 0.05) is 43.3 Å².